The predicted octanol–water partition coefficient (Wildman–Crippen LogP) is 5.73. The van der Waals surface area contributed by atoms with Gasteiger partial charge >= 0.3 is 11.6 Å². The summed E-state index contributed by atoms with van der Waals surface area (Å²) in [4.78, 5) is 19.1. The first-order valence-electron chi connectivity index (χ1n) is 8.30. The van der Waals surface area contributed by atoms with Gasteiger partial charge in [-0.1, -0.05) is 60.1 Å². The molecule has 0 unspecified atom stereocenters. The molecular weight excluding hydrogens is 380 g/mol. The van der Waals surface area contributed by atoms with Crippen molar-refractivity contribution in [3.8, 4) is 11.6 Å². The molecular formula is C20H13ClN4O3. The molecule has 4 rings (SSSR count). The lowest BCUT2D eigenvalue weighted by molar-refractivity contribution is -0.385. The van der Waals surface area contributed by atoms with Gasteiger partial charge < -0.3 is 10.1 Å². The van der Waals surface area contributed by atoms with Gasteiger partial charge in [-0.25, -0.2) is 4.98 Å². The fraction of sp³-hybridized carbons (Fsp3) is 0. The van der Waals surface area contributed by atoms with E-state index in [0.29, 0.717) is 16.5 Å². The van der Waals surface area contributed by atoms with E-state index in [4.69, 9.17) is 16.3 Å². The first-order chi connectivity index (χ1) is 13.6. The van der Waals surface area contributed by atoms with Gasteiger partial charge in [0.1, 0.15) is 12.1 Å². The Balaban J connectivity index is 1.77. The number of nitrogens with one attached hydrogen (secondary N) is 1. The Morgan fingerprint density at radius 3 is 2.54 bits per heavy atom. The highest BCUT2D eigenvalue weighted by Crippen LogP contribution is 2.38. The average molecular weight is 393 g/mol. The number of halogens is 1. The van der Waals surface area contributed by atoms with Crippen LogP contribution in [0.25, 0.3) is 10.8 Å². The van der Waals surface area contributed by atoms with Crippen LogP contribution < -0.4 is 10.1 Å². The van der Waals surface area contributed by atoms with Crippen LogP contribution in [0.15, 0.2) is 73.1 Å². The number of fused-ring (bicyclic) bond motifs is 1. The summed E-state index contributed by atoms with van der Waals surface area (Å²) < 4.78 is 5.83. The van der Waals surface area contributed by atoms with Crippen LogP contribution in [0.5, 0.6) is 11.6 Å². The summed E-state index contributed by atoms with van der Waals surface area (Å²) in [6.07, 6.45) is 1.20. The third-order valence-electron chi connectivity index (χ3n) is 4.05. The molecule has 138 valence electrons. The quantitative estimate of drug-likeness (QED) is 0.344. The number of benzene rings is 3. The molecule has 28 heavy (non-hydrogen) atoms. The number of anilines is 2. The van der Waals surface area contributed by atoms with Crippen LogP contribution in [0.3, 0.4) is 0 Å². The van der Waals surface area contributed by atoms with Crippen LogP contribution in [0.1, 0.15) is 0 Å². The molecule has 0 aliphatic carbocycles. The Morgan fingerprint density at radius 1 is 0.964 bits per heavy atom. The SMILES string of the molecule is O=[N+]([O-])c1c(Nc2ccccc2Cl)ncnc1Oc1cccc2ccccc12. The van der Waals surface area contributed by atoms with Crippen molar-refractivity contribution in [1.29, 1.82) is 0 Å². The molecule has 1 aromatic heterocycles. The Morgan fingerprint density at radius 2 is 1.71 bits per heavy atom. The van der Waals surface area contributed by atoms with Gasteiger partial charge in [-0.05, 0) is 23.6 Å². The zero-order chi connectivity index (χ0) is 19.5. The molecule has 0 spiro atoms. The molecule has 0 bridgehead atoms. The molecule has 7 nitrogen and oxygen atoms in total. The minimum Gasteiger partial charge on any atom is -0.433 e. The molecule has 0 atom stereocenters. The lowest BCUT2D eigenvalue weighted by Crippen LogP contribution is -2.04. The van der Waals surface area contributed by atoms with Crippen LogP contribution in [0.4, 0.5) is 17.2 Å². The highest BCUT2D eigenvalue weighted by Gasteiger charge is 2.26. The van der Waals surface area contributed by atoms with Gasteiger partial charge in [-0.2, -0.15) is 4.98 Å². The summed E-state index contributed by atoms with van der Waals surface area (Å²) in [6.45, 7) is 0. The first kappa shape index (κ1) is 17.7. The van der Waals surface area contributed by atoms with E-state index in [1.54, 1.807) is 30.3 Å². The second-order valence-corrected chi connectivity index (χ2v) is 6.22. The van der Waals surface area contributed by atoms with Crippen LogP contribution in [-0.2, 0) is 0 Å². The summed E-state index contributed by atoms with van der Waals surface area (Å²) in [7, 11) is 0. The molecule has 0 aliphatic rings. The van der Waals surface area contributed by atoms with E-state index in [1.165, 1.54) is 6.33 Å². The molecule has 0 aliphatic heterocycles. The number of ether oxygens (including phenoxy) is 1. The van der Waals surface area contributed by atoms with Crippen molar-refractivity contribution in [1.82, 2.24) is 9.97 Å². The Bertz CT molecular complexity index is 1180. The van der Waals surface area contributed by atoms with Gasteiger partial charge in [0.25, 0.3) is 0 Å². The predicted molar refractivity (Wildman–Crippen MR) is 107 cm³/mol. The Labute approximate surface area is 164 Å². The molecule has 1 N–H and O–H groups in total. The van der Waals surface area contributed by atoms with Gasteiger partial charge in [0.2, 0.25) is 5.82 Å². The average Bonchev–Trinajstić information content (AvgIpc) is 2.70. The second-order valence-electron chi connectivity index (χ2n) is 5.82. The van der Waals surface area contributed by atoms with Crippen molar-refractivity contribution in [2.75, 3.05) is 5.32 Å². The molecule has 0 radical (unpaired) electrons. The lowest BCUT2D eigenvalue weighted by Gasteiger charge is -2.11. The highest BCUT2D eigenvalue weighted by molar-refractivity contribution is 6.33. The summed E-state index contributed by atoms with van der Waals surface area (Å²) in [5, 5.41) is 16.8. The molecule has 3 aromatic carbocycles. The van der Waals surface area contributed by atoms with Gasteiger partial charge in [0, 0.05) is 5.39 Å². The van der Waals surface area contributed by atoms with Crippen LogP contribution in [-0.4, -0.2) is 14.9 Å². The number of nitrogens with zero attached hydrogens (tertiary/aromatic N) is 3. The van der Waals surface area contributed by atoms with E-state index in [9.17, 15) is 10.1 Å². The van der Waals surface area contributed by atoms with Crippen molar-refractivity contribution in [3.63, 3.8) is 0 Å². The number of para-hydroxylation sites is 1. The molecule has 8 heteroatoms. The smallest absolute Gasteiger partial charge is 0.373 e. The topological polar surface area (TPSA) is 90.2 Å². The van der Waals surface area contributed by atoms with E-state index < -0.39 is 4.92 Å². The van der Waals surface area contributed by atoms with E-state index in [2.05, 4.69) is 15.3 Å². The van der Waals surface area contributed by atoms with Crippen LogP contribution >= 0.6 is 11.6 Å². The molecule has 4 aromatic rings. The summed E-state index contributed by atoms with van der Waals surface area (Å²) in [5.74, 6) is 0.290. The van der Waals surface area contributed by atoms with Gasteiger partial charge in [-0.15, -0.1) is 0 Å². The van der Waals surface area contributed by atoms with Crippen molar-refractivity contribution in [2.45, 2.75) is 0 Å². The van der Waals surface area contributed by atoms with E-state index in [0.717, 1.165) is 10.8 Å². The monoisotopic (exact) mass is 392 g/mol. The van der Waals surface area contributed by atoms with Gasteiger partial charge in [0.15, 0.2) is 0 Å². The maximum atomic E-state index is 11.7. The molecule has 0 fully saturated rings. The summed E-state index contributed by atoms with van der Waals surface area (Å²) >= 11 is 6.13. The maximum absolute atomic E-state index is 11.7. The number of nitro groups is 1. The number of rotatable bonds is 5. The third kappa shape index (κ3) is 3.43. The van der Waals surface area contributed by atoms with Crippen molar-refractivity contribution in [3.05, 3.63) is 88.2 Å². The minimum atomic E-state index is -0.584. The van der Waals surface area contributed by atoms with Crippen LogP contribution in [0, 0.1) is 10.1 Å². The summed E-state index contributed by atoms with van der Waals surface area (Å²) in [6, 6.07) is 19.9. The molecule has 0 saturated heterocycles. The van der Waals surface area contributed by atoms with Crippen LogP contribution in [0.2, 0.25) is 5.02 Å². The van der Waals surface area contributed by atoms with E-state index in [1.807, 2.05) is 36.4 Å². The fourth-order valence-corrected chi connectivity index (χ4v) is 2.96. The van der Waals surface area contributed by atoms with E-state index >= 15 is 0 Å². The molecule has 1 heterocycles. The number of hydrogen-bond acceptors (Lipinski definition) is 6. The molecule has 0 amide bonds. The summed E-state index contributed by atoms with van der Waals surface area (Å²) in [5.41, 5.74) is 0.109. The Hall–Kier alpha value is -3.71. The largest absolute Gasteiger partial charge is 0.433 e. The van der Waals surface area contributed by atoms with Crippen molar-refractivity contribution < 1.29 is 9.66 Å². The standard InChI is InChI=1S/C20H13ClN4O3/c21-15-9-3-4-10-16(15)24-19-18(25(26)27)20(23-12-22-19)28-17-11-5-7-13-6-1-2-8-14(13)17/h1-12H,(H,22,23,24). The molecule has 0 saturated carbocycles. The number of aromatic nitrogens is 2. The minimum absolute atomic E-state index is 0.0108. The lowest BCUT2D eigenvalue weighted by atomic mass is 10.1. The highest BCUT2D eigenvalue weighted by atomic mass is 35.5. The maximum Gasteiger partial charge on any atom is 0.373 e. The zero-order valence-electron chi connectivity index (χ0n) is 14.4. The fourth-order valence-electron chi connectivity index (χ4n) is 2.77. The van der Waals surface area contributed by atoms with Gasteiger partial charge in [0.05, 0.1) is 15.6 Å². The Kier molecular flexibility index (Phi) is 4.74. The first-order valence-corrected chi connectivity index (χ1v) is 8.68. The zero-order valence-corrected chi connectivity index (χ0v) is 15.1. The second kappa shape index (κ2) is 7.50. The van der Waals surface area contributed by atoms with E-state index in [-0.39, 0.29) is 17.4 Å². The third-order valence-corrected chi connectivity index (χ3v) is 4.38. The van der Waals surface area contributed by atoms with Crippen molar-refractivity contribution >= 4 is 39.6 Å². The van der Waals surface area contributed by atoms with Gasteiger partial charge in [-0.3, -0.25) is 10.1 Å². The normalized spacial score (nSPS) is 10.6. The number of hydrogen-bond donors (Lipinski definition) is 1. The van der Waals surface area contributed by atoms with Crippen molar-refractivity contribution in [2.24, 2.45) is 0 Å².